The Labute approximate surface area is 156 Å². The summed E-state index contributed by atoms with van der Waals surface area (Å²) in [6.07, 6.45) is 7.39. The third-order valence-electron chi connectivity index (χ3n) is 5.64. The van der Waals surface area contributed by atoms with Crippen molar-refractivity contribution >= 4 is 23.2 Å². The molecule has 2 aliphatic rings. The number of benzene rings is 1. The van der Waals surface area contributed by atoms with E-state index in [9.17, 15) is 4.79 Å². The summed E-state index contributed by atoms with van der Waals surface area (Å²) in [5.41, 5.74) is 1.10. The lowest BCUT2D eigenvalue weighted by Gasteiger charge is -2.39. The van der Waals surface area contributed by atoms with Gasteiger partial charge in [0.1, 0.15) is 0 Å². The van der Waals surface area contributed by atoms with Gasteiger partial charge in [-0.3, -0.25) is 9.69 Å². The number of amides is 1. The molecule has 5 heteroatoms. The van der Waals surface area contributed by atoms with Gasteiger partial charge in [0, 0.05) is 32.2 Å². The standard InChI is InChI=1S/C20H30ClN3O/c1-16(20(25)22-17-8-4-2-3-5-9-17)23-12-14-24(15-13-23)19-11-7-6-10-18(19)21/h6-7,10-11,16-17H,2-5,8-9,12-15H2,1H3,(H,22,25). The number of nitrogens with zero attached hydrogens (tertiary/aromatic N) is 2. The van der Waals surface area contributed by atoms with Crippen LogP contribution in [0, 0.1) is 0 Å². The third kappa shape index (κ3) is 4.89. The van der Waals surface area contributed by atoms with E-state index in [1.54, 1.807) is 0 Å². The topological polar surface area (TPSA) is 35.6 Å². The minimum Gasteiger partial charge on any atom is -0.368 e. The number of halogens is 1. The zero-order valence-corrected chi connectivity index (χ0v) is 16.0. The molecule has 1 aliphatic carbocycles. The molecule has 1 aliphatic heterocycles. The number of rotatable bonds is 4. The van der Waals surface area contributed by atoms with Crippen molar-refractivity contribution < 1.29 is 4.79 Å². The summed E-state index contributed by atoms with van der Waals surface area (Å²) in [6.45, 7) is 5.64. The van der Waals surface area contributed by atoms with Crippen LogP contribution < -0.4 is 10.2 Å². The van der Waals surface area contributed by atoms with Crippen LogP contribution in [0.5, 0.6) is 0 Å². The number of carbonyl (C=O) groups is 1. The van der Waals surface area contributed by atoms with Gasteiger partial charge in [-0.1, -0.05) is 49.4 Å². The van der Waals surface area contributed by atoms with Crippen molar-refractivity contribution in [2.75, 3.05) is 31.1 Å². The van der Waals surface area contributed by atoms with Gasteiger partial charge in [0.05, 0.1) is 16.8 Å². The van der Waals surface area contributed by atoms with E-state index in [0.717, 1.165) is 49.7 Å². The molecule has 25 heavy (non-hydrogen) atoms. The summed E-state index contributed by atoms with van der Waals surface area (Å²) in [7, 11) is 0. The Morgan fingerprint density at radius 2 is 1.72 bits per heavy atom. The summed E-state index contributed by atoms with van der Waals surface area (Å²) in [6, 6.07) is 8.31. The van der Waals surface area contributed by atoms with Crippen molar-refractivity contribution in [1.82, 2.24) is 10.2 Å². The van der Waals surface area contributed by atoms with Gasteiger partial charge < -0.3 is 10.2 Å². The lowest BCUT2D eigenvalue weighted by Crippen LogP contribution is -2.55. The molecule has 138 valence electrons. The van der Waals surface area contributed by atoms with Crippen molar-refractivity contribution in [3.05, 3.63) is 29.3 Å². The summed E-state index contributed by atoms with van der Waals surface area (Å²) < 4.78 is 0. The fraction of sp³-hybridized carbons (Fsp3) is 0.650. The molecule has 1 unspecified atom stereocenters. The number of nitrogens with one attached hydrogen (secondary N) is 1. The Hall–Kier alpha value is -1.26. The minimum absolute atomic E-state index is 0.0587. The van der Waals surface area contributed by atoms with E-state index in [1.807, 2.05) is 25.1 Å². The smallest absolute Gasteiger partial charge is 0.237 e. The van der Waals surface area contributed by atoms with Crippen LogP contribution in [0.15, 0.2) is 24.3 Å². The molecule has 0 aromatic heterocycles. The maximum absolute atomic E-state index is 12.6. The van der Waals surface area contributed by atoms with Crippen molar-refractivity contribution in [1.29, 1.82) is 0 Å². The molecule has 1 saturated carbocycles. The average molecular weight is 364 g/mol. The SMILES string of the molecule is CC(C(=O)NC1CCCCCC1)N1CCN(c2ccccc2Cl)CC1. The summed E-state index contributed by atoms with van der Waals surface area (Å²) in [5, 5.41) is 4.09. The summed E-state index contributed by atoms with van der Waals surface area (Å²) >= 11 is 6.31. The first-order chi connectivity index (χ1) is 12.1. The van der Waals surface area contributed by atoms with E-state index in [4.69, 9.17) is 11.6 Å². The normalized spacial score (nSPS) is 21.6. The zero-order chi connectivity index (χ0) is 17.6. The second-order valence-corrected chi connectivity index (χ2v) is 7.75. The highest BCUT2D eigenvalue weighted by molar-refractivity contribution is 6.33. The van der Waals surface area contributed by atoms with E-state index in [0.29, 0.717) is 6.04 Å². The van der Waals surface area contributed by atoms with Crippen molar-refractivity contribution in [3.63, 3.8) is 0 Å². The Kier molecular flexibility index (Phi) is 6.60. The molecule has 1 N–H and O–H groups in total. The molecule has 2 fully saturated rings. The molecule has 1 saturated heterocycles. The fourth-order valence-electron chi connectivity index (χ4n) is 3.97. The van der Waals surface area contributed by atoms with E-state index in [1.165, 1.54) is 25.7 Å². The van der Waals surface area contributed by atoms with Gasteiger partial charge in [0.2, 0.25) is 5.91 Å². The molecular weight excluding hydrogens is 334 g/mol. The number of anilines is 1. The van der Waals surface area contributed by atoms with Crippen LogP contribution in [0.1, 0.15) is 45.4 Å². The Morgan fingerprint density at radius 3 is 2.36 bits per heavy atom. The Bertz CT molecular complexity index is 564. The van der Waals surface area contributed by atoms with Crippen molar-refractivity contribution in [2.45, 2.75) is 57.5 Å². The molecule has 4 nitrogen and oxygen atoms in total. The maximum atomic E-state index is 12.6. The van der Waals surface area contributed by atoms with Crippen LogP contribution in [0.25, 0.3) is 0 Å². The summed E-state index contributed by atoms with van der Waals surface area (Å²) in [5.74, 6) is 0.193. The van der Waals surface area contributed by atoms with Gasteiger partial charge in [-0.25, -0.2) is 0 Å². The van der Waals surface area contributed by atoms with Gasteiger partial charge in [0.25, 0.3) is 0 Å². The fourth-order valence-corrected chi connectivity index (χ4v) is 4.22. The first-order valence-electron chi connectivity index (χ1n) is 9.69. The van der Waals surface area contributed by atoms with Crippen LogP contribution in [0.3, 0.4) is 0 Å². The Balaban J connectivity index is 1.50. The number of piperazine rings is 1. The quantitative estimate of drug-likeness (QED) is 0.829. The first-order valence-corrected chi connectivity index (χ1v) is 10.1. The number of hydrogen-bond donors (Lipinski definition) is 1. The molecule has 1 amide bonds. The lowest BCUT2D eigenvalue weighted by atomic mass is 10.1. The predicted molar refractivity (Wildman–Crippen MR) is 104 cm³/mol. The molecule has 0 spiro atoms. The molecule has 3 rings (SSSR count). The van der Waals surface area contributed by atoms with Gasteiger partial charge in [-0.2, -0.15) is 0 Å². The van der Waals surface area contributed by atoms with E-state index in [-0.39, 0.29) is 11.9 Å². The molecule has 1 atom stereocenters. The number of carbonyl (C=O) groups excluding carboxylic acids is 1. The molecule has 1 heterocycles. The van der Waals surface area contributed by atoms with Gasteiger partial charge in [0.15, 0.2) is 0 Å². The van der Waals surface area contributed by atoms with Crippen LogP contribution in [0.4, 0.5) is 5.69 Å². The highest BCUT2D eigenvalue weighted by Crippen LogP contribution is 2.26. The van der Waals surface area contributed by atoms with Crippen LogP contribution in [0.2, 0.25) is 5.02 Å². The predicted octanol–water partition coefficient (Wildman–Crippen LogP) is 3.69. The monoisotopic (exact) mass is 363 g/mol. The molecule has 1 aromatic rings. The third-order valence-corrected chi connectivity index (χ3v) is 5.96. The summed E-state index contributed by atoms with van der Waals surface area (Å²) in [4.78, 5) is 17.2. The van der Waals surface area contributed by atoms with Crippen LogP contribution >= 0.6 is 11.6 Å². The number of hydrogen-bond acceptors (Lipinski definition) is 3. The van der Waals surface area contributed by atoms with E-state index in [2.05, 4.69) is 21.2 Å². The molecule has 0 radical (unpaired) electrons. The van der Waals surface area contributed by atoms with Crippen LogP contribution in [-0.2, 0) is 4.79 Å². The second-order valence-electron chi connectivity index (χ2n) is 7.35. The molecule has 1 aromatic carbocycles. The van der Waals surface area contributed by atoms with Gasteiger partial charge >= 0.3 is 0 Å². The van der Waals surface area contributed by atoms with E-state index >= 15 is 0 Å². The van der Waals surface area contributed by atoms with Gasteiger partial charge in [-0.05, 0) is 31.9 Å². The second kappa shape index (κ2) is 8.91. The highest BCUT2D eigenvalue weighted by Gasteiger charge is 2.27. The van der Waals surface area contributed by atoms with Crippen molar-refractivity contribution in [2.24, 2.45) is 0 Å². The largest absolute Gasteiger partial charge is 0.368 e. The maximum Gasteiger partial charge on any atom is 0.237 e. The number of para-hydroxylation sites is 1. The molecular formula is C20H30ClN3O. The van der Waals surface area contributed by atoms with Gasteiger partial charge in [-0.15, -0.1) is 0 Å². The first kappa shape index (κ1) is 18.5. The Morgan fingerprint density at radius 1 is 1.08 bits per heavy atom. The molecule has 0 bridgehead atoms. The average Bonchev–Trinajstić information content (AvgIpc) is 2.90. The van der Waals surface area contributed by atoms with Crippen molar-refractivity contribution in [3.8, 4) is 0 Å². The van der Waals surface area contributed by atoms with Crippen LogP contribution in [-0.4, -0.2) is 49.1 Å². The minimum atomic E-state index is -0.0587. The zero-order valence-electron chi connectivity index (χ0n) is 15.2. The van der Waals surface area contributed by atoms with E-state index < -0.39 is 0 Å². The lowest BCUT2D eigenvalue weighted by molar-refractivity contribution is -0.126. The highest BCUT2D eigenvalue weighted by atomic mass is 35.5.